The van der Waals surface area contributed by atoms with Gasteiger partial charge in [-0.15, -0.1) is 0 Å². The third-order valence-corrected chi connectivity index (χ3v) is 10.8. The van der Waals surface area contributed by atoms with E-state index < -0.39 is 99.3 Å². The van der Waals surface area contributed by atoms with Crippen LogP contribution in [0.3, 0.4) is 0 Å². The van der Waals surface area contributed by atoms with E-state index >= 15 is 0 Å². The van der Waals surface area contributed by atoms with Crippen molar-refractivity contribution in [2.45, 2.75) is 210 Å². The summed E-state index contributed by atoms with van der Waals surface area (Å²) in [4.78, 5) is 25.6. The first-order valence-corrected chi connectivity index (χ1v) is 23.2. The number of rotatable bonds is 34. The number of carbonyl (C=O) groups is 2. The Morgan fingerprint density at radius 1 is 0.532 bits per heavy atom. The number of ether oxygens (including phenoxy) is 6. The summed E-state index contributed by atoms with van der Waals surface area (Å²) in [6, 6.07) is 0. The van der Waals surface area contributed by atoms with Crippen LogP contribution in [0.15, 0.2) is 48.6 Å². The van der Waals surface area contributed by atoms with Crippen LogP contribution in [0.1, 0.15) is 142 Å². The van der Waals surface area contributed by atoms with Gasteiger partial charge in [-0.05, 0) is 51.4 Å². The molecule has 0 aromatic heterocycles. The zero-order valence-corrected chi connectivity index (χ0v) is 37.3. The van der Waals surface area contributed by atoms with Crippen LogP contribution in [0.4, 0.5) is 0 Å². The van der Waals surface area contributed by atoms with Crippen molar-refractivity contribution in [1.29, 1.82) is 0 Å². The van der Waals surface area contributed by atoms with E-state index in [4.69, 9.17) is 28.4 Å². The third kappa shape index (κ3) is 23.4. The summed E-state index contributed by atoms with van der Waals surface area (Å²) in [6.07, 6.45) is 18.7. The van der Waals surface area contributed by atoms with Crippen molar-refractivity contribution < 1.29 is 73.8 Å². The number of unbranched alkanes of at least 4 members (excludes halogenated alkanes) is 12. The van der Waals surface area contributed by atoms with Crippen molar-refractivity contribution in [2.75, 3.05) is 26.4 Å². The minimum absolute atomic E-state index is 0.113. The van der Waals surface area contributed by atoms with Crippen LogP contribution in [0, 0.1) is 0 Å². The van der Waals surface area contributed by atoms with Gasteiger partial charge in [0.05, 0.1) is 19.8 Å². The van der Waals surface area contributed by atoms with E-state index in [0.29, 0.717) is 12.8 Å². The third-order valence-electron chi connectivity index (χ3n) is 10.8. The number of carbonyl (C=O) groups excluding carboxylic acids is 2. The minimum atomic E-state index is -1.77. The Labute approximate surface area is 369 Å². The smallest absolute Gasteiger partial charge is 0.306 e. The molecule has 0 aromatic carbocycles. The van der Waals surface area contributed by atoms with Crippen LogP contribution >= 0.6 is 0 Å². The number of hydrogen-bond donors (Lipinski definition) is 7. The molecule has 15 nitrogen and oxygen atoms in total. The van der Waals surface area contributed by atoms with Crippen molar-refractivity contribution in [3.63, 3.8) is 0 Å². The summed E-state index contributed by atoms with van der Waals surface area (Å²) in [5, 5.41) is 71.9. The molecule has 2 heterocycles. The first-order valence-electron chi connectivity index (χ1n) is 23.2. The first-order chi connectivity index (χ1) is 30.0. The standard InChI is InChI=1S/C47H80O15/c1-3-5-7-9-11-13-15-16-17-18-20-22-24-26-28-30-39(50)60-35(32-57-38(49)29-27-25-23-21-19-14-12-10-8-6-4-2)33-58-46-45(56)43(54)41(52)37(62-46)34-59-47-44(55)42(53)40(51)36(31-48)61-47/h5,7,11,13,16-17,20,22,35-37,40-48,51-56H,3-4,6,8-10,12,14-15,18-19,21,23-34H2,1-2H3/b7-5-,13-11-,17-16-,22-20-. The molecule has 0 aromatic rings. The maximum absolute atomic E-state index is 12.9. The van der Waals surface area contributed by atoms with Gasteiger partial charge in [0.15, 0.2) is 18.7 Å². The molecule has 2 fully saturated rings. The number of aliphatic hydroxyl groups is 7. The molecule has 7 N–H and O–H groups in total. The number of esters is 2. The minimum Gasteiger partial charge on any atom is -0.462 e. The fourth-order valence-corrected chi connectivity index (χ4v) is 6.97. The van der Waals surface area contributed by atoms with Gasteiger partial charge < -0.3 is 64.2 Å². The molecule has 0 aliphatic carbocycles. The predicted molar refractivity (Wildman–Crippen MR) is 233 cm³/mol. The first kappa shape index (κ1) is 55.6. The van der Waals surface area contributed by atoms with Gasteiger partial charge in [0.25, 0.3) is 0 Å². The lowest BCUT2D eigenvalue weighted by atomic mass is 9.98. The molecule has 11 atom stereocenters. The molecule has 62 heavy (non-hydrogen) atoms. The largest absolute Gasteiger partial charge is 0.462 e. The number of allylic oxidation sites excluding steroid dienone is 8. The van der Waals surface area contributed by atoms with Gasteiger partial charge in [-0.1, -0.05) is 127 Å². The Morgan fingerprint density at radius 2 is 1.02 bits per heavy atom. The Kier molecular flexibility index (Phi) is 31.2. The van der Waals surface area contributed by atoms with Gasteiger partial charge in [0.2, 0.25) is 0 Å². The highest BCUT2D eigenvalue weighted by Gasteiger charge is 2.47. The monoisotopic (exact) mass is 885 g/mol. The summed E-state index contributed by atoms with van der Waals surface area (Å²) in [5.74, 6) is -0.977. The van der Waals surface area contributed by atoms with Gasteiger partial charge in [0.1, 0.15) is 55.4 Å². The van der Waals surface area contributed by atoms with Gasteiger partial charge >= 0.3 is 11.9 Å². The zero-order valence-electron chi connectivity index (χ0n) is 37.3. The zero-order chi connectivity index (χ0) is 45.4. The molecule has 0 amide bonds. The van der Waals surface area contributed by atoms with Crippen LogP contribution < -0.4 is 0 Å². The second-order valence-corrected chi connectivity index (χ2v) is 16.2. The van der Waals surface area contributed by atoms with Crippen LogP contribution in [0.2, 0.25) is 0 Å². The maximum atomic E-state index is 12.9. The predicted octanol–water partition coefficient (Wildman–Crippen LogP) is 5.15. The Morgan fingerprint density at radius 3 is 1.60 bits per heavy atom. The molecule has 0 spiro atoms. The summed E-state index contributed by atoms with van der Waals surface area (Å²) in [5.41, 5.74) is 0. The van der Waals surface area contributed by atoms with Crippen LogP contribution in [-0.4, -0.2) is 142 Å². The molecule has 0 radical (unpaired) electrons. The van der Waals surface area contributed by atoms with E-state index in [-0.39, 0.29) is 19.4 Å². The van der Waals surface area contributed by atoms with E-state index in [2.05, 4.69) is 62.5 Å². The molecule has 2 aliphatic heterocycles. The molecule has 2 rings (SSSR count). The van der Waals surface area contributed by atoms with Gasteiger partial charge in [-0.3, -0.25) is 9.59 Å². The fraction of sp³-hybridized carbons (Fsp3) is 0.787. The SMILES string of the molecule is CC/C=C\C/C=C\C/C=C\C/C=C\CCCCC(=O)OC(COC(=O)CCCCCCCCCCCCC)COC1OC(COC2OC(CO)C(O)C(O)C2O)C(O)C(O)C1O. The Balaban J connectivity index is 1.88. The summed E-state index contributed by atoms with van der Waals surface area (Å²) >= 11 is 0. The quantitative estimate of drug-likeness (QED) is 0.0252. The van der Waals surface area contributed by atoms with Crippen LogP contribution in [-0.2, 0) is 38.0 Å². The van der Waals surface area contributed by atoms with Crippen molar-refractivity contribution in [3.8, 4) is 0 Å². The summed E-state index contributed by atoms with van der Waals surface area (Å²) < 4.78 is 33.4. The highest BCUT2D eigenvalue weighted by Crippen LogP contribution is 2.26. The Hall–Kier alpha value is -2.54. The fourth-order valence-electron chi connectivity index (χ4n) is 6.97. The van der Waals surface area contributed by atoms with Crippen molar-refractivity contribution >= 4 is 11.9 Å². The van der Waals surface area contributed by atoms with Crippen molar-refractivity contribution in [2.24, 2.45) is 0 Å². The number of aliphatic hydroxyl groups excluding tert-OH is 7. The normalized spacial score (nSPS) is 27.5. The summed E-state index contributed by atoms with van der Waals surface area (Å²) in [7, 11) is 0. The van der Waals surface area contributed by atoms with Crippen molar-refractivity contribution in [1.82, 2.24) is 0 Å². The lowest BCUT2D eigenvalue weighted by Gasteiger charge is -2.42. The van der Waals surface area contributed by atoms with E-state index in [0.717, 1.165) is 57.8 Å². The Bertz CT molecular complexity index is 1270. The number of hydrogen-bond acceptors (Lipinski definition) is 15. The van der Waals surface area contributed by atoms with Gasteiger partial charge in [-0.2, -0.15) is 0 Å². The lowest BCUT2D eigenvalue weighted by Crippen LogP contribution is -2.61. The van der Waals surface area contributed by atoms with Gasteiger partial charge in [0, 0.05) is 12.8 Å². The van der Waals surface area contributed by atoms with E-state index in [9.17, 15) is 45.3 Å². The molecule has 0 saturated carbocycles. The molecular weight excluding hydrogens is 805 g/mol. The highest BCUT2D eigenvalue weighted by atomic mass is 16.7. The van der Waals surface area contributed by atoms with E-state index in [1.807, 2.05) is 0 Å². The topological polar surface area (TPSA) is 231 Å². The second kappa shape index (κ2) is 34.8. The molecule has 2 aliphatic rings. The molecular formula is C47H80O15. The second-order valence-electron chi connectivity index (χ2n) is 16.2. The molecule has 11 unspecified atom stereocenters. The van der Waals surface area contributed by atoms with E-state index in [1.54, 1.807) is 0 Å². The van der Waals surface area contributed by atoms with Crippen LogP contribution in [0.25, 0.3) is 0 Å². The lowest BCUT2D eigenvalue weighted by molar-refractivity contribution is -0.332. The molecule has 0 bridgehead atoms. The maximum Gasteiger partial charge on any atom is 0.306 e. The highest BCUT2D eigenvalue weighted by molar-refractivity contribution is 5.70. The van der Waals surface area contributed by atoms with Crippen molar-refractivity contribution in [3.05, 3.63) is 48.6 Å². The average Bonchev–Trinajstić information content (AvgIpc) is 3.26. The average molecular weight is 885 g/mol. The van der Waals surface area contributed by atoms with Gasteiger partial charge in [-0.25, -0.2) is 0 Å². The van der Waals surface area contributed by atoms with E-state index in [1.165, 1.54) is 44.9 Å². The molecule has 358 valence electrons. The molecule has 15 heteroatoms. The summed E-state index contributed by atoms with van der Waals surface area (Å²) in [6.45, 7) is 2.39. The molecule has 2 saturated heterocycles. The van der Waals surface area contributed by atoms with Crippen LogP contribution in [0.5, 0.6) is 0 Å².